The van der Waals surface area contributed by atoms with E-state index in [0.717, 1.165) is 18.4 Å². The summed E-state index contributed by atoms with van der Waals surface area (Å²) in [5, 5.41) is 0.548. The number of carbonyl (C=O) groups excluding carboxylic acids is 1. The molecule has 0 radical (unpaired) electrons. The number of piperidine rings is 1. The first-order valence-corrected chi connectivity index (χ1v) is 7.72. The Morgan fingerprint density at radius 2 is 2.23 bits per heavy atom. The van der Waals surface area contributed by atoms with E-state index in [9.17, 15) is 9.59 Å². The van der Waals surface area contributed by atoms with Crippen molar-refractivity contribution in [3.8, 4) is 0 Å². The standard InChI is InChI=1S/C17H20N2O3/c1-2-22-12-6-5-9-19(11-12)17(21)14-10-18-15-8-4-3-7-13(15)16(14)20/h3-4,7-8,10,12H,2,5-6,9,11H2,1H3,(H,18,20)/t12-/m0/s1. The number of carbonyl (C=O) groups is 1. The number of ether oxygens (including phenoxy) is 1. The molecule has 1 aromatic heterocycles. The molecule has 1 amide bonds. The van der Waals surface area contributed by atoms with Crippen LogP contribution in [0.2, 0.25) is 0 Å². The average Bonchev–Trinajstić information content (AvgIpc) is 2.55. The molecule has 0 bridgehead atoms. The van der Waals surface area contributed by atoms with Crippen LogP contribution in [0.4, 0.5) is 0 Å². The number of nitrogens with one attached hydrogen (secondary N) is 1. The number of rotatable bonds is 3. The van der Waals surface area contributed by atoms with Gasteiger partial charge in [0.25, 0.3) is 5.91 Å². The van der Waals surface area contributed by atoms with Crippen molar-refractivity contribution in [3.63, 3.8) is 0 Å². The summed E-state index contributed by atoms with van der Waals surface area (Å²) in [6.07, 6.45) is 3.47. The Balaban J connectivity index is 1.89. The molecule has 0 saturated carbocycles. The summed E-state index contributed by atoms with van der Waals surface area (Å²) in [6, 6.07) is 7.23. The topological polar surface area (TPSA) is 62.4 Å². The monoisotopic (exact) mass is 300 g/mol. The highest BCUT2D eigenvalue weighted by Gasteiger charge is 2.26. The van der Waals surface area contributed by atoms with Gasteiger partial charge in [-0.2, -0.15) is 0 Å². The van der Waals surface area contributed by atoms with E-state index in [4.69, 9.17) is 4.74 Å². The van der Waals surface area contributed by atoms with Crippen LogP contribution in [0.1, 0.15) is 30.1 Å². The maximum absolute atomic E-state index is 12.7. The second-order valence-electron chi connectivity index (χ2n) is 5.55. The van der Waals surface area contributed by atoms with Crippen molar-refractivity contribution in [2.24, 2.45) is 0 Å². The van der Waals surface area contributed by atoms with Gasteiger partial charge in [-0.15, -0.1) is 0 Å². The van der Waals surface area contributed by atoms with Crippen molar-refractivity contribution in [2.75, 3.05) is 19.7 Å². The summed E-state index contributed by atoms with van der Waals surface area (Å²) < 4.78 is 5.62. The third-order valence-electron chi connectivity index (χ3n) is 4.09. The lowest BCUT2D eigenvalue weighted by molar-refractivity contribution is 0.00719. The molecular formula is C17H20N2O3. The molecule has 2 heterocycles. The minimum absolute atomic E-state index is 0.0715. The summed E-state index contributed by atoms with van der Waals surface area (Å²) in [4.78, 5) is 29.9. The van der Waals surface area contributed by atoms with Gasteiger partial charge in [-0.3, -0.25) is 9.59 Å². The number of H-pyrrole nitrogens is 1. The number of pyridine rings is 1. The lowest BCUT2D eigenvalue weighted by Gasteiger charge is -2.32. The van der Waals surface area contributed by atoms with Crippen LogP contribution in [0.5, 0.6) is 0 Å². The molecule has 1 fully saturated rings. The van der Waals surface area contributed by atoms with Crippen LogP contribution in [0, 0.1) is 0 Å². The van der Waals surface area contributed by atoms with E-state index in [1.807, 2.05) is 19.1 Å². The molecule has 0 aliphatic carbocycles. The van der Waals surface area contributed by atoms with E-state index < -0.39 is 0 Å². The average molecular weight is 300 g/mol. The number of aromatic nitrogens is 1. The molecule has 3 rings (SSSR count). The van der Waals surface area contributed by atoms with Crippen molar-refractivity contribution < 1.29 is 9.53 Å². The Labute approximate surface area is 128 Å². The fourth-order valence-electron chi connectivity index (χ4n) is 2.99. The smallest absolute Gasteiger partial charge is 0.259 e. The fraction of sp³-hybridized carbons (Fsp3) is 0.412. The maximum atomic E-state index is 12.7. The summed E-state index contributed by atoms with van der Waals surface area (Å²) in [5.74, 6) is -0.212. The predicted octanol–water partition coefficient (Wildman–Crippen LogP) is 2.17. The molecule has 1 aliphatic heterocycles. The number of nitrogens with zero attached hydrogens (tertiary/aromatic N) is 1. The highest BCUT2D eigenvalue weighted by Crippen LogP contribution is 2.16. The van der Waals surface area contributed by atoms with Crippen molar-refractivity contribution in [1.29, 1.82) is 0 Å². The van der Waals surface area contributed by atoms with Gasteiger partial charge in [0.1, 0.15) is 5.56 Å². The molecule has 116 valence electrons. The van der Waals surface area contributed by atoms with Crippen molar-refractivity contribution >= 4 is 16.8 Å². The number of likely N-dealkylation sites (tertiary alicyclic amines) is 1. The van der Waals surface area contributed by atoms with Crippen molar-refractivity contribution in [1.82, 2.24) is 9.88 Å². The second kappa shape index (κ2) is 6.32. The van der Waals surface area contributed by atoms with Gasteiger partial charge in [0.2, 0.25) is 5.43 Å². The molecule has 1 aliphatic rings. The molecule has 5 heteroatoms. The predicted molar refractivity (Wildman–Crippen MR) is 85.1 cm³/mol. The molecule has 1 aromatic carbocycles. The zero-order chi connectivity index (χ0) is 15.5. The molecule has 5 nitrogen and oxygen atoms in total. The van der Waals surface area contributed by atoms with Gasteiger partial charge >= 0.3 is 0 Å². The molecule has 1 saturated heterocycles. The lowest BCUT2D eigenvalue weighted by Crippen LogP contribution is -2.44. The Hall–Kier alpha value is -2.14. The molecule has 2 aromatic rings. The Kier molecular flexibility index (Phi) is 4.24. The number of benzene rings is 1. The fourth-order valence-corrected chi connectivity index (χ4v) is 2.99. The van der Waals surface area contributed by atoms with Gasteiger partial charge in [-0.1, -0.05) is 12.1 Å². The Morgan fingerprint density at radius 3 is 3.05 bits per heavy atom. The van der Waals surface area contributed by atoms with Gasteiger partial charge in [0.15, 0.2) is 0 Å². The van der Waals surface area contributed by atoms with Gasteiger partial charge in [0, 0.05) is 36.8 Å². The highest BCUT2D eigenvalue weighted by molar-refractivity contribution is 5.97. The minimum atomic E-state index is -0.212. The van der Waals surface area contributed by atoms with E-state index >= 15 is 0 Å². The summed E-state index contributed by atoms with van der Waals surface area (Å²) in [6.45, 7) is 3.83. The zero-order valence-corrected chi connectivity index (χ0v) is 12.7. The third-order valence-corrected chi connectivity index (χ3v) is 4.09. The number of fused-ring (bicyclic) bond motifs is 1. The molecule has 1 N–H and O–H groups in total. The Bertz CT molecular complexity index is 736. The molecule has 0 unspecified atom stereocenters. The highest BCUT2D eigenvalue weighted by atomic mass is 16.5. The van der Waals surface area contributed by atoms with Crippen molar-refractivity contribution in [3.05, 3.63) is 46.2 Å². The van der Waals surface area contributed by atoms with E-state index in [1.165, 1.54) is 6.20 Å². The molecule has 1 atom stereocenters. The van der Waals surface area contributed by atoms with Crippen molar-refractivity contribution in [2.45, 2.75) is 25.9 Å². The van der Waals surface area contributed by atoms with Gasteiger partial charge < -0.3 is 14.6 Å². The number of hydrogen-bond donors (Lipinski definition) is 1. The maximum Gasteiger partial charge on any atom is 0.259 e. The first-order valence-electron chi connectivity index (χ1n) is 7.72. The number of aromatic amines is 1. The summed E-state index contributed by atoms with van der Waals surface area (Å²) >= 11 is 0. The quantitative estimate of drug-likeness (QED) is 0.945. The summed E-state index contributed by atoms with van der Waals surface area (Å²) in [7, 11) is 0. The van der Waals surface area contributed by atoms with Crippen LogP contribution in [-0.4, -0.2) is 41.6 Å². The zero-order valence-electron chi connectivity index (χ0n) is 12.7. The van der Waals surface area contributed by atoms with Gasteiger partial charge in [-0.05, 0) is 31.9 Å². The second-order valence-corrected chi connectivity index (χ2v) is 5.55. The van der Waals surface area contributed by atoms with Crippen LogP contribution < -0.4 is 5.43 Å². The largest absolute Gasteiger partial charge is 0.377 e. The minimum Gasteiger partial charge on any atom is -0.377 e. The lowest BCUT2D eigenvalue weighted by atomic mass is 10.1. The normalized spacial score (nSPS) is 18.6. The number of amides is 1. The van der Waals surface area contributed by atoms with E-state index in [1.54, 1.807) is 17.0 Å². The Morgan fingerprint density at radius 1 is 1.41 bits per heavy atom. The van der Waals surface area contributed by atoms with Crippen LogP contribution in [-0.2, 0) is 4.74 Å². The van der Waals surface area contributed by atoms with E-state index in [0.29, 0.717) is 25.1 Å². The van der Waals surface area contributed by atoms with Crippen LogP contribution >= 0.6 is 0 Å². The molecule has 0 spiro atoms. The van der Waals surface area contributed by atoms with Crippen LogP contribution in [0.3, 0.4) is 0 Å². The number of hydrogen-bond acceptors (Lipinski definition) is 3. The summed E-state index contributed by atoms with van der Waals surface area (Å²) in [5.41, 5.74) is 0.739. The van der Waals surface area contributed by atoms with E-state index in [-0.39, 0.29) is 23.0 Å². The number of para-hydroxylation sites is 1. The SMILES string of the molecule is CCO[C@H]1CCCN(C(=O)c2c[nH]c3ccccc3c2=O)C1. The van der Waals surface area contributed by atoms with Gasteiger partial charge in [-0.25, -0.2) is 0 Å². The van der Waals surface area contributed by atoms with E-state index in [2.05, 4.69) is 4.98 Å². The van der Waals surface area contributed by atoms with Gasteiger partial charge in [0.05, 0.1) is 6.10 Å². The third kappa shape index (κ3) is 2.76. The van der Waals surface area contributed by atoms with Crippen LogP contribution in [0.15, 0.2) is 35.3 Å². The first kappa shape index (κ1) is 14.8. The van der Waals surface area contributed by atoms with Crippen LogP contribution in [0.25, 0.3) is 10.9 Å². The molecular weight excluding hydrogens is 280 g/mol. The first-order chi connectivity index (χ1) is 10.7. The molecule has 22 heavy (non-hydrogen) atoms.